The van der Waals surface area contributed by atoms with Crippen LogP contribution in [0.15, 0.2) is 24.3 Å². The lowest BCUT2D eigenvalue weighted by atomic mass is 9.97. The molecule has 0 fully saturated rings. The highest BCUT2D eigenvalue weighted by Gasteiger charge is 2.18. The van der Waals surface area contributed by atoms with Crippen LogP contribution in [0.5, 0.6) is 0 Å². The maximum atomic E-state index is 10.7. The van der Waals surface area contributed by atoms with E-state index in [4.69, 9.17) is 11.6 Å². The lowest BCUT2D eigenvalue weighted by molar-refractivity contribution is -0.145. The largest absolute Gasteiger partial charge is 0.362 e. The third-order valence-electron chi connectivity index (χ3n) is 1.97. The van der Waals surface area contributed by atoms with Crippen molar-refractivity contribution in [3.8, 4) is 0 Å². The Morgan fingerprint density at radius 3 is 2.31 bits per heavy atom. The number of hydrogen-bond donors (Lipinski definition) is 0. The molecule has 3 heteroatoms. The lowest BCUT2D eigenvalue weighted by Gasteiger charge is -2.07. The van der Waals surface area contributed by atoms with Crippen LogP contribution in [0.1, 0.15) is 24.8 Å². The molecule has 0 N–H and O–H groups in total. The number of rotatable bonds is 3. The van der Waals surface area contributed by atoms with Crippen LogP contribution in [0.4, 0.5) is 0 Å². The van der Waals surface area contributed by atoms with Crippen molar-refractivity contribution in [3.05, 3.63) is 34.9 Å². The fourth-order valence-corrected chi connectivity index (χ4v) is 1.36. The Labute approximate surface area is 82.2 Å². The first kappa shape index (κ1) is 10.1. The average molecular weight is 198 g/mol. The summed E-state index contributed by atoms with van der Waals surface area (Å²) in [5.41, 5.74) is 0.743. The molecule has 1 radical (unpaired) electrons. The number of halogens is 1. The van der Waals surface area contributed by atoms with Gasteiger partial charge in [0.1, 0.15) is 0 Å². The van der Waals surface area contributed by atoms with Crippen molar-refractivity contribution in [3.63, 3.8) is 0 Å². The minimum Gasteiger partial charge on any atom is -0.247 e. The van der Waals surface area contributed by atoms with Gasteiger partial charge < -0.3 is 0 Å². The molecule has 0 bridgehead atoms. The molecule has 2 nitrogen and oxygen atoms in total. The van der Waals surface area contributed by atoms with Gasteiger partial charge in [0, 0.05) is 5.02 Å². The van der Waals surface area contributed by atoms with E-state index in [2.05, 4.69) is 0 Å². The Bertz CT molecular complexity index is 292. The molecule has 1 aromatic rings. The summed E-state index contributed by atoms with van der Waals surface area (Å²) in [6.45, 7) is 1.81. The molecule has 69 valence electrons. The molecule has 0 heterocycles. The molecular formula is C10H10ClO2. The van der Waals surface area contributed by atoms with E-state index >= 15 is 0 Å². The van der Waals surface area contributed by atoms with Gasteiger partial charge in [-0.3, -0.25) is 0 Å². The number of hydrogen-bond acceptors (Lipinski definition) is 1. The van der Waals surface area contributed by atoms with Crippen LogP contribution in [0.2, 0.25) is 5.02 Å². The van der Waals surface area contributed by atoms with Crippen molar-refractivity contribution in [1.29, 1.82) is 0 Å². The van der Waals surface area contributed by atoms with Crippen LogP contribution in [0.3, 0.4) is 0 Å². The molecular weight excluding hydrogens is 188 g/mol. The van der Waals surface area contributed by atoms with Crippen LogP contribution < -0.4 is 0 Å². The first-order valence-corrected chi connectivity index (χ1v) is 4.49. The second-order valence-electron chi connectivity index (χ2n) is 2.83. The molecule has 13 heavy (non-hydrogen) atoms. The maximum absolute atomic E-state index is 10.7. The quantitative estimate of drug-likeness (QED) is 0.734. The summed E-state index contributed by atoms with van der Waals surface area (Å²) >= 11 is 5.68. The van der Waals surface area contributed by atoms with E-state index in [9.17, 15) is 9.90 Å². The first-order chi connectivity index (χ1) is 6.15. The van der Waals surface area contributed by atoms with Crippen molar-refractivity contribution in [1.82, 2.24) is 0 Å². The van der Waals surface area contributed by atoms with Crippen LogP contribution >= 0.6 is 11.6 Å². The summed E-state index contributed by atoms with van der Waals surface area (Å²) in [6, 6.07) is 6.80. The van der Waals surface area contributed by atoms with Crippen molar-refractivity contribution >= 4 is 17.6 Å². The maximum Gasteiger partial charge on any atom is 0.362 e. The fraction of sp³-hybridized carbons (Fsp3) is 0.300. The van der Waals surface area contributed by atoms with Crippen molar-refractivity contribution in [2.75, 3.05) is 0 Å². The van der Waals surface area contributed by atoms with Gasteiger partial charge in [0.25, 0.3) is 0 Å². The van der Waals surface area contributed by atoms with Crippen LogP contribution in [-0.2, 0) is 9.90 Å². The molecule has 1 unspecified atom stereocenters. The highest BCUT2D eigenvalue weighted by Crippen LogP contribution is 2.21. The SMILES string of the molecule is CCC(C([O])=O)c1ccc(Cl)cc1. The molecule has 0 aliphatic carbocycles. The molecule has 1 atom stereocenters. The molecule has 0 aliphatic heterocycles. The molecule has 0 aliphatic rings. The van der Waals surface area contributed by atoms with Gasteiger partial charge in [-0.25, -0.2) is 9.90 Å². The zero-order valence-electron chi connectivity index (χ0n) is 7.29. The van der Waals surface area contributed by atoms with Crippen LogP contribution in [0.25, 0.3) is 0 Å². The van der Waals surface area contributed by atoms with Crippen molar-refractivity contribution < 1.29 is 9.90 Å². The van der Waals surface area contributed by atoms with E-state index in [1.165, 1.54) is 0 Å². The predicted octanol–water partition coefficient (Wildman–Crippen LogP) is 2.79. The highest BCUT2D eigenvalue weighted by molar-refractivity contribution is 6.30. The zero-order chi connectivity index (χ0) is 9.84. The van der Waals surface area contributed by atoms with E-state index in [0.29, 0.717) is 11.4 Å². The van der Waals surface area contributed by atoms with E-state index in [-0.39, 0.29) is 0 Å². The summed E-state index contributed by atoms with van der Waals surface area (Å²) in [7, 11) is 0. The van der Waals surface area contributed by atoms with E-state index < -0.39 is 11.9 Å². The third kappa shape index (κ3) is 2.46. The molecule has 1 rings (SSSR count). The normalized spacial score (nSPS) is 12.5. The second kappa shape index (κ2) is 4.28. The molecule has 0 aromatic heterocycles. The standard InChI is InChI=1S/C10H10ClO2/c1-2-9(10(12)13)7-3-5-8(11)6-4-7/h3-6,9H,2H2,1H3. The summed E-state index contributed by atoms with van der Waals surface area (Å²) < 4.78 is 0. The average Bonchev–Trinajstić information content (AvgIpc) is 2.09. The highest BCUT2D eigenvalue weighted by atomic mass is 35.5. The predicted molar refractivity (Wildman–Crippen MR) is 50.2 cm³/mol. The van der Waals surface area contributed by atoms with Gasteiger partial charge in [-0.2, -0.15) is 0 Å². The van der Waals surface area contributed by atoms with Gasteiger partial charge in [0.05, 0.1) is 5.92 Å². The second-order valence-corrected chi connectivity index (χ2v) is 3.27. The van der Waals surface area contributed by atoms with Gasteiger partial charge >= 0.3 is 5.97 Å². The Hall–Kier alpha value is -1.02. The van der Waals surface area contributed by atoms with E-state index in [1.807, 2.05) is 6.92 Å². The van der Waals surface area contributed by atoms with Crippen molar-refractivity contribution in [2.45, 2.75) is 19.3 Å². The number of carbonyl (C=O) groups is 1. The van der Waals surface area contributed by atoms with E-state index in [0.717, 1.165) is 5.56 Å². The smallest absolute Gasteiger partial charge is 0.247 e. The van der Waals surface area contributed by atoms with Gasteiger partial charge in [-0.1, -0.05) is 30.7 Å². The lowest BCUT2D eigenvalue weighted by Crippen LogP contribution is -2.08. The fourth-order valence-electron chi connectivity index (χ4n) is 1.23. The number of carbonyl (C=O) groups excluding carboxylic acids is 1. The van der Waals surface area contributed by atoms with Crippen LogP contribution in [0, 0.1) is 0 Å². The van der Waals surface area contributed by atoms with Gasteiger partial charge in [-0.15, -0.1) is 0 Å². The Morgan fingerprint density at radius 1 is 1.38 bits per heavy atom. The minimum absolute atomic E-state index is 0.530. The molecule has 0 saturated heterocycles. The topological polar surface area (TPSA) is 37.0 Å². The molecule has 1 aromatic carbocycles. The Kier molecular flexibility index (Phi) is 3.32. The zero-order valence-corrected chi connectivity index (χ0v) is 8.04. The van der Waals surface area contributed by atoms with Gasteiger partial charge in [0.15, 0.2) is 0 Å². The summed E-state index contributed by atoms with van der Waals surface area (Å²) in [4.78, 5) is 10.7. The number of benzene rings is 1. The third-order valence-corrected chi connectivity index (χ3v) is 2.22. The Morgan fingerprint density at radius 2 is 1.92 bits per heavy atom. The summed E-state index contributed by atoms with van der Waals surface area (Å²) in [5, 5.41) is 11.3. The summed E-state index contributed by atoms with van der Waals surface area (Å²) in [6.07, 6.45) is 0.532. The van der Waals surface area contributed by atoms with Gasteiger partial charge in [0.2, 0.25) is 0 Å². The molecule has 0 saturated carbocycles. The van der Waals surface area contributed by atoms with E-state index in [1.54, 1.807) is 24.3 Å². The molecule has 0 spiro atoms. The Balaban J connectivity index is 2.92. The van der Waals surface area contributed by atoms with Gasteiger partial charge in [-0.05, 0) is 24.1 Å². The van der Waals surface area contributed by atoms with Crippen molar-refractivity contribution in [2.24, 2.45) is 0 Å². The molecule has 0 amide bonds. The summed E-state index contributed by atoms with van der Waals surface area (Å²) in [5.74, 6) is -1.57. The minimum atomic E-state index is -1.04. The first-order valence-electron chi connectivity index (χ1n) is 4.11. The van der Waals surface area contributed by atoms with Crippen LogP contribution in [-0.4, -0.2) is 5.97 Å². The monoisotopic (exact) mass is 197 g/mol.